The molecule has 2 aromatic carbocycles. The molecule has 8 heteroatoms. The zero-order chi connectivity index (χ0) is 20.7. The van der Waals surface area contributed by atoms with Gasteiger partial charge in [-0.1, -0.05) is 43.6 Å². The van der Waals surface area contributed by atoms with Gasteiger partial charge in [-0.3, -0.25) is 9.10 Å². The molecule has 0 aliphatic carbocycles. The number of thioether (sulfide) groups is 1. The van der Waals surface area contributed by atoms with Crippen LogP contribution in [0.15, 0.2) is 53.4 Å². The highest BCUT2D eigenvalue weighted by molar-refractivity contribution is 7.99. The lowest BCUT2D eigenvalue weighted by Gasteiger charge is -2.25. The molecule has 2 aromatic rings. The molecule has 0 atom stereocenters. The molecular weight excluding hydrogens is 416 g/mol. The van der Waals surface area contributed by atoms with Gasteiger partial charge < -0.3 is 5.32 Å². The first-order chi connectivity index (χ1) is 13.2. The van der Waals surface area contributed by atoms with Crippen LogP contribution in [0.2, 0.25) is 5.02 Å². The molecule has 0 bridgehead atoms. The van der Waals surface area contributed by atoms with E-state index in [1.54, 1.807) is 23.9 Å². The third-order valence-corrected chi connectivity index (χ3v) is 6.41. The van der Waals surface area contributed by atoms with Gasteiger partial charge in [0, 0.05) is 22.2 Å². The lowest BCUT2D eigenvalue weighted by atomic mass is 10.0. The van der Waals surface area contributed by atoms with Crippen molar-refractivity contribution >= 4 is 45.0 Å². The fourth-order valence-corrected chi connectivity index (χ4v) is 4.43. The summed E-state index contributed by atoms with van der Waals surface area (Å²) in [5.74, 6) is 0.481. The SMILES string of the molecule is CC(C)c1ccccc1N(CC(=O)NCCSc1ccc(Cl)cc1)S(C)(=O)=O. The highest BCUT2D eigenvalue weighted by Crippen LogP contribution is 2.28. The smallest absolute Gasteiger partial charge is 0.240 e. The van der Waals surface area contributed by atoms with Crippen LogP contribution in [0.25, 0.3) is 0 Å². The van der Waals surface area contributed by atoms with E-state index in [1.807, 2.05) is 50.2 Å². The standard InChI is InChI=1S/C20H25ClN2O3S2/c1-15(2)18-6-4-5-7-19(18)23(28(3,25)26)14-20(24)22-12-13-27-17-10-8-16(21)9-11-17/h4-11,15H,12-14H2,1-3H3,(H,22,24). The number of carbonyl (C=O) groups excluding carboxylic acids is 1. The number of hydrogen-bond donors (Lipinski definition) is 1. The number of para-hydroxylation sites is 1. The van der Waals surface area contributed by atoms with Crippen LogP contribution in [0.3, 0.4) is 0 Å². The molecule has 0 radical (unpaired) electrons. The first-order valence-electron chi connectivity index (χ1n) is 8.90. The molecule has 0 aliphatic rings. The van der Waals surface area contributed by atoms with E-state index in [-0.39, 0.29) is 18.4 Å². The van der Waals surface area contributed by atoms with E-state index in [1.165, 1.54) is 4.31 Å². The normalized spacial score (nSPS) is 11.5. The molecule has 0 heterocycles. The second kappa shape index (κ2) is 10.2. The minimum Gasteiger partial charge on any atom is -0.354 e. The van der Waals surface area contributed by atoms with Crippen molar-refractivity contribution in [1.82, 2.24) is 5.32 Å². The van der Waals surface area contributed by atoms with Crippen molar-refractivity contribution in [2.75, 3.05) is 29.4 Å². The summed E-state index contributed by atoms with van der Waals surface area (Å²) in [7, 11) is -3.59. The van der Waals surface area contributed by atoms with Crippen molar-refractivity contribution in [3.8, 4) is 0 Å². The molecule has 0 fully saturated rings. The Labute approximate surface area is 176 Å². The molecule has 0 aromatic heterocycles. The molecular formula is C20H25ClN2O3S2. The largest absolute Gasteiger partial charge is 0.354 e. The van der Waals surface area contributed by atoms with Crippen LogP contribution in [-0.2, 0) is 14.8 Å². The number of hydrogen-bond acceptors (Lipinski definition) is 4. The van der Waals surface area contributed by atoms with Crippen LogP contribution >= 0.6 is 23.4 Å². The molecule has 1 amide bonds. The zero-order valence-corrected chi connectivity index (χ0v) is 18.6. The summed E-state index contributed by atoms with van der Waals surface area (Å²) >= 11 is 7.45. The van der Waals surface area contributed by atoms with Gasteiger partial charge >= 0.3 is 0 Å². The van der Waals surface area contributed by atoms with Crippen LogP contribution in [0.5, 0.6) is 0 Å². The van der Waals surface area contributed by atoms with Crippen LogP contribution in [0.4, 0.5) is 5.69 Å². The number of carbonyl (C=O) groups is 1. The van der Waals surface area contributed by atoms with Crippen molar-refractivity contribution < 1.29 is 13.2 Å². The summed E-state index contributed by atoms with van der Waals surface area (Å²) in [6.45, 7) is 4.18. The molecule has 2 rings (SSSR count). The number of sulfonamides is 1. The maximum absolute atomic E-state index is 12.4. The van der Waals surface area contributed by atoms with Crippen molar-refractivity contribution in [3.63, 3.8) is 0 Å². The Balaban J connectivity index is 1.97. The first kappa shape index (κ1) is 22.6. The van der Waals surface area contributed by atoms with Crippen LogP contribution in [0, 0.1) is 0 Å². The average molecular weight is 441 g/mol. The quantitative estimate of drug-likeness (QED) is 0.470. The number of anilines is 1. The predicted octanol–water partition coefficient (Wildman–Crippen LogP) is 4.14. The fraction of sp³-hybridized carbons (Fsp3) is 0.350. The van der Waals surface area contributed by atoms with Gasteiger partial charge in [0.2, 0.25) is 15.9 Å². The lowest BCUT2D eigenvalue weighted by Crippen LogP contribution is -2.41. The summed E-state index contributed by atoms with van der Waals surface area (Å²) in [6, 6.07) is 14.7. The molecule has 0 unspecified atom stereocenters. The van der Waals surface area contributed by atoms with Crippen molar-refractivity contribution in [1.29, 1.82) is 0 Å². The molecule has 152 valence electrons. The summed E-state index contributed by atoms with van der Waals surface area (Å²) in [5.41, 5.74) is 1.43. The van der Waals surface area contributed by atoms with E-state index in [4.69, 9.17) is 11.6 Å². The molecule has 0 aliphatic heterocycles. The Morgan fingerprint density at radius 2 is 1.79 bits per heavy atom. The monoisotopic (exact) mass is 440 g/mol. The van der Waals surface area contributed by atoms with E-state index in [9.17, 15) is 13.2 Å². The highest BCUT2D eigenvalue weighted by atomic mass is 35.5. The van der Waals surface area contributed by atoms with Gasteiger partial charge in [0.05, 0.1) is 11.9 Å². The highest BCUT2D eigenvalue weighted by Gasteiger charge is 2.23. The Hall–Kier alpha value is -1.70. The Morgan fingerprint density at radius 3 is 2.39 bits per heavy atom. The van der Waals surface area contributed by atoms with Gasteiger partial charge in [0.1, 0.15) is 6.54 Å². The Bertz CT molecular complexity index is 900. The second-order valence-corrected chi connectivity index (χ2v) is 10.1. The topological polar surface area (TPSA) is 66.5 Å². The summed E-state index contributed by atoms with van der Waals surface area (Å²) < 4.78 is 25.8. The van der Waals surface area contributed by atoms with Crippen molar-refractivity contribution in [2.24, 2.45) is 0 Å². The second-order valence-electron chi connectivity index (χ2n) is 6.64. The van der Waals surface area contributed by atoms with Crippen molar-refractivity contribution in [2.45, 2.75) is 24.7 Å². The number of nitrogens with zero attached hydrogens (tertiary/aromatic N) is 1. The summed E-state index contributed by atoms with van der Waals surface area (Å²) in [6.07, 6.45) is 1.12. The van der Waals surface area contributed by atoms with Crippen LogP contribution in [0.1, 0.15) is 25.3 Å². The molecule has 5 nitrogen and oxygen atoms in total. The zero-order valence-electron chi connectivity index (χ0n) is 16.2. The maximum atomic E-state index is 12.4. The van der Waals surface area contributed by atoms with Gasteiger partial charge in [-0.05, 0) is 41.8 Å². The average Bonchev–Trinajstić information content (AvgIpc) is 2.64. The van der Waals surface area contributed by atoms with Gasteiger partial charge in [-0.15, -0.1) is 11.8 Å². The fourth-order valence-electron chi connectivity index (χ4n) is 2.66. The molecule has 0 saturated carbocycles. The van der Waals surface area contributed by atoms with Crippen LogP contribution < -0.4 is 9.62 Å². The number of halogens is 1. The molecule has 0 spiro atoms. The Kier molecular flexibility index (Phi) is 8.22. The van der Waals surface area contributed by atoms with Gasteiger partial charge in [0.25, 0.3) is 0 Å². The molecule has 1 N–H and O–H groups in total. The minimum atomic E-state index is -3.59. The van der Waals surface area contributed by atoms with Gasteiger partial charge in [0.15, 0.2) is 0 Å². The number of amides is 1. The van der Waals surface area contributed by atoms with Crippen LogP contribution in [-0.4, -0.2) is 39.4 Å². The third kappa shape index (κ3) is 6.72. The third-order valence-electron chi connectivity index (χ3n) is 4.02. The van der Waals surface area contributed by atoms with E-state index in [0.717, 1.165) is 16.7 Å². The first-order valence-corrected chi connectivity index (χ1v) is 12.1. The predicted molar refractivity (Wildman–Crippen MR) is 118 cm³/mol. The van der Waals surface area contributed by atoms with Gasteiger partial charge in [-0.2, -0.15) is 0 Å². The lowest BCUT2D eigenvalue weighted by molar-refractivity contribution is -0.119. The van der Waals surface area contributed by atoms with E-state index < -0.39 is 10.0 Å². The minimum absolute atomic E-state index is 0.138. The number of benzene rings is 2. The van der Waals surface area contributed by atoms with E-state index >= 15 is 0 Å². The number of rotatable bonds is 9. The number of nitrogens with one attached hydrogen (secondary N) is 1. The summed E-state index contributed by atoms with van der Waals surface area (Å²) in [4.78, 5) is 13.4. The van der Waals surface area contributed by atoms with E-state index in [2.05, 4.69) is 5.32 Å². The van der Waals surface area contributed by atoms with E-state index in [0.29, 0.717) is 23.0 Å². The molecule has 0 saturated heterocycles. The maximum Gasteiger partial charge on any atom is 0.240 e. The van der Waals surface area contributed by atoms with Gasteiger partial charge in [-0.25, -0.2) is 8.42 Å². The molecule has 28 heavy (non-hydrogen) atoms. The summed E-state index contributed by atoms with van der Waals surface area (Å²) in [5, 5.41) is 3.47. The van der Waals surface area contributed by atoms with Crippen molar-refractivity contribution in [3.05, 3.63) is 59.1 Å². The Morgan fingerprint density at radius 1 is 1.14 bits per heavy atom.